The van der Waals surface area contributed by atoms with Gasteiger partial charge in [0.25, 0.3) is 0 Å². The molecule has 8 heteroatoms. The number of alkyl halides is 3. The number of nitrogens with zero attached hydrogens (tertiary/aromatic N) is 2. The second-order valence-electron chi connectivity index (χ2n) is 3.78. The minimum Gasteiger partial charge on any atom is -0.383 e. The molecule has 0 aliphatic rings. The molecule has 0 fully saturated rings. The van der Waals surface area contributed by atoms with Crippen LogP contribution in [0.2, 0.25) is 0 Å². The Hall–Kier alpha value is -1.41. The molecule has 0 saturated heterocycles. The summed E-state index contributed by atoms with van der Waals surface area (Å²) in [6, 6.07) is 6.92. The third-order valence-electron chi connectivity index (χ3n) is 2.30. The Morgan fingerprint density at radius 2 is 2.11 bits per heavy atom. The molecule has 1 atom stereocenters. The first-order valence-electron chi connectivity index (χ1n) is 5.19. The molecule has 1 aromatic heterocycles. The summed E-state index contributed by atoms with van der Waals surface area (Å²) < 4.78 is 42.0. The van der Waals surface area contributed by atoms with Crippen LogP contribution in [0.15, 0.2) is 33.3 Å². The van der Waals surface area contributed by atoms with E-state index in [1.165, 1.54) is 0 Å². The molecule has 4 nitrogen and oxygen atoms in total. The van der Waals surface area contributed by atoms with Gasteiger partial charge >= 0.3 is 6.18 Å². The standard InChI is InChI=1S/C11H8BrF3N2O2/c12-7-3-1-2-6(4-7)10-16-9(19-17-10)5-8(18)11(13,14)15/h1-4,8,18H,5H2. The van der Waals surface area contributed by atoms with Gasteiger partial charge in [-0.3, -0.25) is 0 Å². The molecule has 0 amide bonds. The number of hydrogen-bond donors (Lipinski definition) is 1. The molecule has 1 heterocycles. The average molecular weight is 337 g/mol. The van der Waals surface area contributed by atoms with Crippen LogP contribution >= 0.6 is 15.9 Å². The monoisotopic (exact) mass is 336 g/mol. The van der Waals surface area contributed by atoms with Crippen LogP contribution in [0.4, 0.5) is 13.2 Å². The summed E-state index contributed by atoms with van der Waals surface area (Å²) in [5.74, 6) is -0.0922. The van der Waals surface area contributed by atoms with Crippen molar-refractivity contribution in [3.05, 3.63) is 34.6 Å². The van der Waals surface area contributed by atoms with Crippen LogP contribution in [-0.4, -0.2) is 27.5 Å². The van der Waals surface area contributed by atoms with Gasteiger partial charge in [-0.05, 0) is 12.1 Å². The van der Waals surface area contributed by atoms with Crippen molar-refractivity contribution in [3.63, 3.8) is 0 Å². The van der Waals surface area contributed by atoms with Crippen molar-refractivity contribution in [3.8, 4) is 11.4 Å². The molecule has 1 aromatic carbocycles. The highest BCUT2D eigenvalue weighted by Crippen LogP contribution is 2.24. The summed E-state index contributed by atoms with van der Waals surface area (Å²) in [5.41, 5.74) is 0.603. The van der Waals surface area contributed by atoms with E-state index >= 15 is 0 Å². The van der Waals surface area contributed by atoms with Crippen LogP contribution < -0.4 is 0 Å². The highest BCUT2D eigenvalue weighted by molar-refractivity contribution is 9.10. The Labute approximate surface area is 114 Å². The van der Waals surface area contributed by atoms with E-state index in [0.29, 0.717) is 5.56 Å². The number of aliphatic hydroxyl groups excluding tert-OH is 1. The first-order valence-corrected chi connectivity index (χ1v) is 5.99. The number of hydrogen-bond acceptors (Lipinski definition) is 4. The molecular formula is C11H8BrF3N2O2. The maximum atomic E-state index is 12.2. The number of aliphatic hydroxyl groups is 1. The van der Waals surface area contributed by atoms with E-state index in [1.54, 1.807) is 24.3 Å². The van der Waals surface area contributed by atoms with Gasteiger partial charge in [-0.2, -0.15) is 18.2 Å². The van der Waals surface area contributed by atoms with E-state index in [-0.39, 0.29) is 11.7 Å². The number of rotatable bonds is 3. The molecule has 1 N–H and O–H groups in total. The molecule has 0 spiro atoms. The van der Waals surface area contributed by atoms with Crippen molar-refractivity contribution in [2.24, 2.45) is 0 Å². The summed E-state index contributed by atoms with van der Waals surface area (Å²) in [4.78, 5) is 3.82. The minimum atomic E-state index is -4.70. The summed E-state index contributed by atoms with van der Waals surface area (Å²) in [6.45, 7) is 0. The average Bonchev–Trinajstić information content (AvgIpc) is 2.76. The molecule has 0 radical (unpaired) electrons. The quantitative estimate of drug-likeness (QED) is 0.936. The fourth-order valence-electron chi connectivity index (χ4n) is 1.36. The van der Waals surface area contributed by atoms with Gasteiger partial charge in [0.1, 0.15) is 0 Å². The van der Waals surface area contributed by atoms with Gasteiger partial charge in [0, 0.05) is 10.0 Å². The molecule has 0 bridgehead atoms. The predicted molar refractivity (Wildman–Crippen MR) is 63.2 cm³/mol. The van der Waals surface area contributed by atoms with E-state index < -0.39 is 18.7 Å². The lowest BCUT2D eigenvalue weighted by atomic mass is 10.2. The van der Waals surface area contributed by atoms with Gasteiger partial charge in [-0.1, -0.05) is 33.2 Å². The van der Waals surface area contributed by atoms with Crippen LogP contribution in [0, 0.1) is 0 Å². The van der Waals surface area contributed by atoms with Crippen LogP contribution in [0.3, 0.4) is 0 Å². The molecular weight excluding hydrogens is 329 g/mol. The Balaban J connectivity index is 2.16. The second kappa shape index (κ2) is 5.30. The van der Waals surface area contributed by atoms with Gasteiger partial charge in [-0.25, -0.2) is 0 Å². The summed E-state index contributed by atoms with van der Waals surface area (Å²) in [6.07, 6.45) is -7.97. The molecule has 19 heavy (non-hydrogen) atoms. The Bertz CT molecular complexity index is 571. The van der Waals surface area contributed by atoms with Crippen molar-refractivity contribution in [2.45, 2.75) is 18.7 Å². The van der Waals surface area contributed by atoms with Gasteiger partial charge in [0.05, 0.1) is 6.42 Å². The van der Waals surface area contributed by atoms with E-state index in [4.69, 9.17) is 5.11 Å². The minimum absolute atomic E-state index is 0.172. The maximum Gasteiger partial charge on any atom is 0.414 e. The topological polar surface area (TPSA) is 59.2 Å². The zero-order valence-corrected chi connectivity index (χ0v) is 10.9. The number of halogens is 4. The van der Waals surface area contributed by atoms with E-state index in [0.717, 1.165) is 4.47 Å². The van der Waals surface area contributed by atoms with E-state index in [1.807, 2.05) is 0 Å². The van der Waals surface area contributed by atoms with Gasteiger partial charge < -0.3 is 9.63 Å². The van der Waals surface area contributed by atoms with Crippen molar-refractivity contribution < 1.29 is 22.8 Å². The fraction of sp³-hybridized carbons (Fsp3) is 0.273. The predicted octanol–water partition coefficient (Wildman–Crippen LogP) is 2.96. The normalized spacial score (nSPS) is 13.5. The molecule has 0 aliphatic heterocycles. The molecule has 2 aromatic rings. The number of aromatic nitrogens is 2. The summed E-state index contributed by atoms with van der Waals surface area (Å²) in [7, 11) is 0. The molecule has 0 aliphatic carbocycles. The van der Waals surface area contributed by atoms with Crippen molar-refractivity contribution in [2.75, 3.05) is 0 Å². The van der Waals surface area contributed by atoms with Crippen LogP contribution in [0.5, 0.6) is 0 Å². The fourth-order valence-corrected chi connectivity index (χ4v) is 1.76. The zero-order valence-electron chi connectivity index (χ0n) is 9.36. The maximum absolute atomic E-state index is 12.2. The lowest BCUT2D eigenvalue weighted by Crippen LogP contribution is -2.30. The smallest absolute Gasteiger partial charge is 0.383 e. The van der Waals surface area contributed by atoms with Gasteiger partial charge in [0.2, 0.25) is 11.7 Å². The van der Waals surface area contributed by atoms with Crippen LogP contribution in [0.1, 0.15) is 5.89 Å². The van der Waals surface area contributed by atoms with Crippen molar-refractivity contribution in [1.82, 2.24) is 10.1 Å². The molecule has 0 saturated carbocycles. The first kappa shape index (κ1) is 14.0. The third kappa shape index (κ3) is 3.54. The van der Waals surface area contributed by atoms with E-state index in [9.17, 15) is 13.2 Å². The Kier molecular flexibility index (Phi) is 3.91. The Morgan fingerprint density at radius 3 is 2.74 bits per heavy atom. The lowest BCUT2D eigenvalue weighted by molar-refractivity contribution is -0.204. The van der Waals surface area contributed by atoms with Gasteiger partial charge in [-0.15, -0.1) is 0 Å². The summed E-state index contributed by atoms with van der Waals surface area (Å²) in [5, 5.41) is 12.5. The first-order chi connectivity index (χ1) is 8.86. The second-order valence-corrected chi connectivity index (χ2v) is 4.70. The molecule has 1 unspecified atom stereocenters. The largest absolute Gasteiger partial charge is 0.414 e. The molecule has 2 rings (SSSR count). The SMILES string of the molecule is OC(Cc1nc(-c2cccc(Br)c2)no1)C(F)(F)F. The van der Waals surface area contributed by atoms with E-state index in [2.05, 4.69) is 30.6 Å². The van der Waals surface area contributed by atoms with Crippen molar-refractivity contribution >= 4 is 15.9 Å². The molecule has 102 valence electrons. The summed E-state index contributed by atoms with van der Waals surface area (Å²) >= 11 is 3.26. The number of benzene rings is 1. The lowest BCUT2D eigenvalue weighted by Gasteiger charge is -2.11. The Morgan fingerprint density at radius 1 is 1.37 bits per heavy atom. The highest BCUT2D eigenvalue weighted by Gasteiger charge is 2.39. The highest BCUT2D eigenvalue weighted by atomic mass is 79.9. The van der Waals surface area contributed by atoms with Gasteiger partial charge in [0.15, 0.2) is 6.10 Å². The van der Waals surface area contributed by atoms with Crippen LogP contribution in [0.25, 0.3) is 11.4 Å². The van der Waals surface area contributed by atoms with Crippen molar-refractivity contribution in [1.29, 1.82) is 0 Å². The third-order valence-corrected chi connectivity index (χ3v) is 2.79. The van der Waals surface area contributed by atoms with Crippen LogP contribution in [-0.2, 0) is 6.42 Å². The zero-order chi connectivity index (χ0) is 14.0.